The Bertz CT molecular complexity index is 256. The zero-order valence-corrected chi connectivity index (χ0v) is 4.24. The minimum absolute atomic E-state index is 0.0634. The maximum absolute atomic E-state index is 8.12. The Labute approximate surface area is 50.6 Å². The summed E-state index contributed by atoms with van der Waals surface area (Å²) in [7, 11) is 0. The number of rotatable bonds is 0. The van der Waals surface area contributed by atoms with Gasteiger partial charge in [-0.05, 0) is 0 Å². The van der Waals surface area contributed by atoms with Gasteiger partial charge in [0.2, 0.25) is 0 Å². The summed E-state index contributed by atoms with van der Waals surface area (Å²) < 4.78 is 0. The summed E-state index contributed by atoms with van der Waals surface area (Å²) in [6.45, 7) is 0. The zero-order chi connectivity index (χ0) is 6.69. The highest BCUT2D eigenvalue weighted by atomic mass is 15.2. The van der Waals surface area contributed by atoms with Crippen molar-refractivity contribution >= 4 is 0 Å². The van der Waals surface area contributed by atoms with Crippen LogP contribution in [0.4, 0.5) is 0 Å². The quantitative estimate of drug-likeness (QED) is 0.444. The van der Waals surface area contributed by atoms with Gasteiger partial charge in [-0.25, -0.2) is 0 Å². The molecule has 0 saturated heterocycles. The molecule has 5 nitrogen and oxygen atoms in total. The smallest absolute Gasteiger partial charge is 0.105 e. The molecule has 0 aliphatic heterocycles. The summed E-state index contributed by atoms with van der Waals surface area (Å²) in [5.41, 5.74) is 0. The van der Waals surface area contributed by atoms with Crippen LogP contribution in [-0.4, -0.2) is 10.2 Å². The number of nitrogens with zero attached hydrogens (tertiary/aromatic N) is 5. The lowest BCUT2D eigenvalue weighted by Crippen LogP contribution is -1.79. The number of nitriles is 2. The second kappa shape index (κ2) is 1.93. The van der Waals surface area contributed by atoms with Gasteiger partial charge >= 0.3 is 0 Å². The third-order valence-corrected chi connectivity index (χ3v) is 0.651. The van der Waals surface area contributed by atoms with Gasteiger partial charge in [0.15, 0.2) is 0 Å². The fourth-order valence-corrected chi connectivity index (χ4v) is 0.334. The van der Waals surface area contributed by atoms with Crippen molar-refractivity contribution in [2.45, 2.75) is 0 Å². The molecular weight excluding hydrogens is 118 g/mol. The SMILES string of the molecule is N#Cc1nnc(C#N)[n-]1. The average Bonchev–Trinajstić information content (AvgIpc) is 2.34. The van der Waals surface area contributed by atoms with Gasteiger partial charge in [-0.2, -0.15) is 10.5 Å². The van der Waals surface area contributed by atoms with E-state index in [1.165, 1.54) is 0 Å². The first-order valence-corrected chi connectivity index (χ1v) is 2.04. The van der Waals surface area contributed by atoms with Crippen LogP contribution in [0.5, 0.6) is 0 Å². The molecule has 0 aliphatic rings. The highest BCUT2D eigenvalue weighted by molar-refractivity contribution is 5.14. The second-order valence-electron chi connectivity index (χ2n) is 1.18. The zero-order valence-electron chi connectivity index (χ0n) is 4.24. The van der Waals surface area contributed by atoms with Crippen molar-refractivity contribution in [3.63, 3.8) is 0 Å². The first-order chi connectivity index (χ1) is 4.36. The van der Waals surface area contributed by atoms with Gasteiger partial charge in [0.1, 0.15) is 12.1 Å². The number of hydrogen-bond acceptors (Lipinski definition) is 4. The van der Waals surface area contributed by atoms with Gasteiger partial charge in [0.05, 0.1) is 11.6 Å². The van der Waals surface area contributed by atoms with Crippen LogP contribution in [-0.2, 0) is 0 Å². The van der Waals surface area contributed by atoms with Crippen LogP contribution in [0.15, 0.2) is 0 Å². The molecule has 0 bridgehead atoms. The molecule has 1 aromatic heterocycles. The molecule has 1 rings (SSSR count). The van der Waals surface area contributed by atoms with Gasteiger partial charge in [-0.15, -0.1) is 0 Å². The molecule has 0 radical (unpaired) electrons. The fourth-order valence-electron chi connectivity index (χ4n) is 0.334. The van der Waals surface area contributed by atoms with Crippen LogP contribution in [0.1, 0.15) is 11.6 Å². The lowest BCUT2D eigenvalue weighted by Gasteiger charge is -1.75. The molecule has 0 amide bonds. The van der Waals surface area contributed by atoms with Gasteiger partial charge in [-0.3, -0.25) is 0 Å². The minimum atomic E-state index is -0.0634. The molecule has 0 aliphatic carbocycles. The fraction of sp³-hybridized carbons (Fsp3) is 0. The Hall–Kier alpha value is -1.88. The van der Waals surface area contributed by atoms with Crippen LogP contribution in [0.25, 0.3) is 0 Å². The molecule has 42 valence electrons. The number of aromatic nitrogens is 3. The largest absolute Gasteiger partial charge is 0.339 e. The Morgan fingerprint density at radius 2 is 1.56 bits per heavy atom. The van der Waals surface area contributed by atoms with E-state index in [0.29, 0.717) is 0 Å². The lowest BCUT2D eigenvalue weighted by atomic mass is 10.7. The summed E-state index contributed by atoms with van der Waals surface area (Å²) in [5.74, 6) is -0.127. The molecule has 9 heavy (non-hydrogen) atoms. The molecule has 0 unspecified atom stereocenters. The molecule has 1 aromatic rings. The number of hydrogen-bond donors (Lipinski definition) is 0. The van der Waals surface area contributed by atoms with Gasteiger partial charge in [0.25, 0.3) is 0 Å². The van der Waals surface area contributed by atoms with Crippen molar-refractivity contribution in [3.05, 3.63) is 11.6 Å². The lowest BCUT2D eigenvalue weighted by molar-refractivity contribution is 1.06. The van der Waals surface area contributed by atoms with E-state index in [1.54, 1.807) is 12.1 Å². The molecule has 0 saturated carbocycles. The summed E-state index contributed by atoms with van der Waals surface area (Å²) in [6.07, 6.45) is 0. The Morgan fingerprint density at radius 1 is 1.11 bits per heavy atom. The van der Waals surface area contributed by atoms with Crippen LogP contribution in [0.3, 0.4) is 0 Å². The van der Waals surface area contributed by atoms with E-state index in [2.05, 4.69) is 15.2 Å². The minimum Gasteiger partial charge on any atom is -0.339 e. The maximum atomic E-state index is 8.12. The van der Waals surface area contributed by atoms with Crippen molar-refractivity contribution in [2.24, 2.45) is 0 Å². The average molecular weight is 118 g/mol. The molecule has 0 N–H and O–H groups in total. The van der Waals surface area contributed by atoms with Crippen LogP contribution in [0.2, 0.25) is 0 Å². The summed E-state index contributed by atoms with van der Waals surface area (Å²) >= 11 is 0. The molecule has 1 heterocycles. The Morgan fingerprint density at radius 3 is 1.78 bits per heavy atom. The second-order valence-corrected chi connectivity index (χ2v) is 1.18. The van der Waals surface area contributed by atoms with Gasteiger partial charge in [-0.1, -0.05) is 0 Å². The predicted octanol–water partition coefficient (Wildman–Crippen LogP) is -0.823. The van der Waals surface area contributed by atoms with Crippen molar-refractivity contribution in [2.75, 3.05) is 0 Å². The molecule has 0 atom stereocenters. The monoisotopic (exact) mass is 118 g/mol. The topological polar surface area (TPSA) is 87.5 Å². The van der Waals surface area contributed by atoms with E-state index in [-0.39, 0.29) is 11.6 Å². The van der Waals surface area contributed by atoms with E-state index in [1.807, 2.05) is 0 Å². The predicted molar refractivity (Wildman–Crippen MR) is 24.8 cm³/mol. The van der Waals surface area contributed by atoms with Crippen molar-refractivity contribution in [3.8, 4) is 12.1 Å². The van der Waals surface area contributed by atoms with E-state index in [0.717, 1.165) is 0 Å². The van der Waals surface area contributed by atoms with Crippen LogP contribution in [0, 0.1) is 22.7 Å². The highest BCUT2D eigenvalue weighted by Gasteiger charge is 1.84. The molecular formula is C4N5-. The summed E-state index contributed by atoms with van der Waals surface area (Å²) in [4.78, 5) is 3.40. The van der Waals surface area contributed by atoms with Crippen molar-refractivity contribution in [1.82, 2.24) is 15.2 Å². The first kappa shape index (κ1) is 5.26. The Balaban J connectivity index is 3.08. The maximum Gasteiger partial charge on any atom is 0.105 e. The standard InChI is InChI=1S/C4N5/c5-1-3-7-4(2-6)9-8-3/q-1. The molecule has 0 spiro atoms. The van der Waals surface area contributed by atoms with E-state index in [4.69, 9.17) is 10.5 Å². The van der Waals surface area contributed by atoms with Gasteiger partial charge in [0, 0.05) is 0 Å². The highest BCUT2D eigenvalue weighted by Crippen LogP contribution is 1.83. The Kier molecular flexibility index (Phi) is 1.13. The summed E-state index contributed by atoms with van der Waals surface area (Å²) in [6, 6.07) is 3.29. The molecule has 0 aromatic carbocycles. The van der Waals surface area contributed by atoms with Crippen molar-refractivity contribution in [1.29, 1.82) is 10.5 Å². The first-order valence-electron chi connectivity index (χ1n) is 2.04. The van der Waals surface area contributed by atoms with Gasteiger partial charge < -0.3 is 15.2 Å². The molecule has 5 heteroatoms. The normalized spacial score (nSPS) is 7.78. The van der Waals surface area contributed by atoms with Crippen LogP contribution < -0.4 is 4.98 Å². The van der Waals surface area contributed by atoms with E-state index < -0.39 is 0 Å². The van der Waals surface area contributed by atoms with Crippen LogP contribution >= 0.6 is 0 Å². The third kappa shape index (κ3) is 0.840. The van der Waals surface area contributed by atoms with Crippen molar-refractivity contribution < 1.29 is 0 Å². The third-order valence-electron chi connectivity index (χ3n) is 0.651. The summed E-state index contributed by atoms with van der Waals surface area (Å²) in [5, 5.41) is 22.8. The molecule has 0 fully saturated rings. The van der Waals surface area contributed by atoms with E-state index in [9.17, 15) is 0 Å². The van der Waals surface area contributed by atoms with E-state index >= 15 is 0 Å².